The Morgan fingerprint density at radius 3 is 2.67 bits per heavy atom. The Morgan fingerprint density at radius 2 is 2.25 bits per heavy atom. The summed E-state index contributed by atoms with van der Waals surface area (Å²) in [7, 11) is 0. The minimum Gasteiger partial charge on any atom is -0.372 e. The normalized spacial score (nSPS) is 32.2. The largest absolute Gasteiger partial charge is 0.372 e. The first-order chi connectivity index (χ1) is 5.62. The monoisotopic (exact) mass is 169 g/mol. The minimum absolute atomic E-state index is 0.691. The van der Waals surface area contributed by atoms with Gasteiger partial charge in [0.15, 0.2) is 0 Å². The van der Waals surface area contributed by atoms with Crippen molar-refractivity contribution in [1.82, 2.24) is 4.90 Å². The van der Waals surface area contributed by atoms with Gasteiger partial charge in [0.2, 0.25) is 0 Å². The molecule has 2 heteroatoms. The van der Waals surface area contributed by atoms with Crippen molar-refractivity contribution in [2.45, 2.75) is 31.9 Å². The highest BCUT2D eigenvalue weighted by atomic mass is 19.1. The molecule has 1 unspecified atom stereocenters. The van der Waals surface area contributed by atoms with Crippen molar-refractivity contribution in [3.63, 3.8) is 0 Å². The number of alkyl halides is 1. The molecule has 1 aliphatic heterocycles. The Hall–Kier alpha value is -0.530. The van der Waals surface area contributed by atoms with Crippen LogP contribution in [-0.2, 0) is 0 Å². The second-order valence-corrected chi connectivity index (χ2v) is 4.25. The lowest BCUT2D eigenvalue weighted by Gasteiger charge is -2.23. The number of hydrogen-bond acceptors (Lipinski definition) is 1. The van der Waals surface area contributed by atoms with Gasteiger partial charge in [-0.15, -0.1) is 0 Å². The fraction of sp³-hybridized carbons (Fsp3) is 0.800. The summed E-state index contributed by atoms with van der Waals surface area (Å²) in [6.45, 7) is 8.08. The summed E-state index contributed by atoms with van der Waals surface area (Å²) in [5.41, 5.74) is -0.267. The molecule has 12 heavy (non-hydrogen) atoms. The molecule has 68 valence electrons. The highest BCUT2D eigenvalue weighted by Crippen LogP contribution is 2.47. The summed E-state index contributed by atoms with van der Waals surface area (Å²) in [6, 6.07) is 0. The summed E-state index contributed by atoms with van der Waals surface area (Å²) in [5, 5.41) is 0. The predicted molar refractivity (Wildman–Crippen MR) is 47.6 cm³/mol. The van der Waals surface area contributed by atoms with E-state index in [1.165, 1.54) is 6.42 Å². The maximum atomic E-state index is 13.5. The number of likely N-dealkylation sites (tertiary alicyclic amines) is 1. The second kappa shape index (κ2) is 2.48. The third kappa shape index (κ3) is 1.23. The van der Waals surface area contributed by atoms with E-state index in [2.05, 4.69) is 18.4 Å². The second-order valence-electron chi connectivity index (χ2n) is 4.25. The van der Waals surface area contributed by atoms with Crippen LogP contribution in [0.25, 0.3) is 0 Å². The van der Waals surface area contributed by atoms with Gasteiger partial charge in [-0.05, 0) is 25.2 Å². The molecule has 1 nitrogen and oxygen atoms in total. The zero-order valence-corrected chi connectivity index (χ0v) is 7.65. The zero-order chi connectivity index (χ0) is 8.77. The molecule has 0 aromatic rings. The number of halogens is 1. The van der Waals surface area contributed by atoms with E-state index < -0.39 is 5.67 Å². The lowest BCUT2D eigenvalue weighted by molar-refractivity contribution is 0.268. The molecule has 2 fully saturated rings. The molecule has 0 radical (unpaired) electrons. The number of nitrogens with zero attached hydrogens (tertiary/aromatic N) is 1. The lowest BCUT2D eigenvalue weighted by atomic mass is 10.2. The molecular formula is C10H16FN. The topological polar surface area (TPSA) is 3.24 Å². The highest BCUT2D eigenvalue weighted by Gasteiger charge is 2.48. The van der Waals surface area contributed by atoms with E-state index in [0.717, 1.165) is 18.8 Å². The van der Waals surface area contributed by atoms with Crippen molar-refractivity contribution < 1.29 is 4.39 Å². The maximum absolute atomic E-state index is 13.5. The quantitative estimate of drug-likeness (QED) is 0.613. The number of allylic oxidation sites excluding steroid dienone is 1. The molecule has 1 saturated heterocycles. The van der Waals surface area contributed by atoms with Crippen molar-refractivity contribution in [2.75, 3.05) is 13.1 Å². The summed E-state index contributed by atoms with van der Waals surface area (Å²) in [6.07, 6.45) is 2.57. The minimum atomic E-state index is -1.01. The SMILES string of the molecule is C=C(N1CCC(C)C1)C1(F)CC1. The van der Waals surface area contributed by atoms with E-state index in [-0.39, 0.29) is 0 Å². The van der Waals surface area contributed by atoms with Crippen LogP contribution in [0.3, 0.4) is 0 Å². The molecule has 1 heterocycles. The third-order valence-electron chi connectivity index (χ3n) is 3.01. The molecule has 0 aromatic heterocycles. The van der Waals surface area contributed by atoms with Crippen LogP contribution in [0.4, 0.5) is 4.39 Å². The van der Waals surface area contributed by atoms with Gasteiger partial charge in [-0.25, -0.2) is 4.39 Å². The Morgan fingerprint density at radius 1 is 1.58 bits per heavy atom. The average molecular weight is 169 g/mol. The smallest absolute Gasteiger partial charge is 0.150 e. The molecule has 0 amide bonds. The first-order valence-electron chi connectivity index (χ1n) is 4.75. The van der Waals surface area contributed by atoms with Crippen LogP contribution < -0.4 is 0 Å². The fourth-order valence-corrected chi connectivity index (χ4v) is 1.86. The average Bonchev–Trinajstić information content (AvgIpc) is 2.62. The van der Waals surface area contributed by atoms with Crippen LogP contribution in [0.5, 0.6) is 0 Å². The summed E-state index contributed by atoms with van der Waals surface area (Å²) in [5.74, 6) is 0.712. The Kier molecular flexibility index (Phi) is 1.67. The first kappa shape index (κ1) is 8.09. The molecular weight excluding hydrogens is 153 g/mol. The number of rotatable bonds is 2. The van der Waals surface area contributed by atoms with Crippen LogP contribution in [0.1, 0.15) is 26.2 Å². The van der Waals surface area contributed by atoms with E-state index in [9.17, 15) is 4.39 Å². The zero-order valence-electron chi connectivity index (χ0n) is 7.65. The summed E-state index contributed by atoms with van der Waals surface area (Å²) >= 11 is 0. The molecule has 1 aliphatic carbocycles. The van der Waals surface area contributed by atoms with Gasteiger partial charge in [-0.1, -0.05) is 13.5 Å². The van der Waals surface area contributed by atoms with Gasteiger partial charge in [0.25, 0.3) is 0 Å². The van der Waals surface area contributed by atoms with Crippen LogP contribution >= 0.6 is 0 Å². The van der Waals surface area contributed by atoms with E-state index in [0.29, 0.717) is 18.8 Å². The van der Waals surface area contributed by atoms with Gasteiger partial charge < -0.3 is 4.90 Å². The van der Waals surface area contributed by atoms with Gasteiger partial charge in [0, 0.05) is 18.8 Å². The first-order valence-corrected chi connectivity index (χ1v) is 4.75. The molecule has 0 N–H and O–H groups in total. The van der Waals surface area contributed by atoms with Crippen LogP contribution in [-0.4, -0.2) is 23.7 Å². The summed E-state index contributed by atoms with van der Waals surface area (Å²) in [4.78, 5) is 2.12. The molecule has 2 aliphatic rings. The van der Waals surface area contributed by atoms with Crippen LogP contribution in [0.2, 0.25) is 0 Å². The van der Waals surface area contributed by atoms with Crippen LogP contribution in [0, 0.1) is 5.92 Å². The van der Waals surface area contributed by atoms with Crippen LogP contribution in [0.15, 0.2) is 12.3 Å². The molecule has 0 bridgehead atoms. The van der Waals surface area contributed by atoms with Crippen molar-refractivity contribution in [2.24, 2.45) is 5.92 Å². The van der Waals surface area contributed by atoms with Gasteiger partial charge in [0.05, 0.1) is 0 Å². The molecule has 1 saturated carbocycles. The molecule has 0 aromatic carbocycles. The summed E-state index contributed by atoms with van der Waals surface area (Å²) < 4.78 is 13.5. The molecule has 2 rings (SSSR count). The van der Waals surface area contributed by atoms with Crippen molar-refractivity contribution in [3.8, 4) is 0 Å². The molecule has 0 spiro atoms. The van der Waals surface area contributed by atoms with Crippen molar-refractivity contribution >= 4 is 0 Å². The van der Waals surface area contributed by atoms with Gasteiger partial charge in [-0.3, -0.25) is 0 Å². The van der Waals surface area contributed by atoms with E-state index >= 15 is 0 Å². The van der Waals surface area contributed by atoms with Crippen molar-refractivity contribution in [1.29, 1.82) is 0 Å². The Balaban J connectivity index is 1.97. The number of hydrogen-bond donors (Lipinski definition) is 0. The maximum Gasteiger partial charge on any atom is 0.150 e. The van der Waals surface area contributed by atoms with Gasteiger partial charge in [-0.2, -0.15) is 0 Å². The lowest BCUT2D eigenvalue weighted by Crippen LogP contribution is -2.26. The van der Waals surface area contributed by atoms with E-state index in [4.69, 9.17) is 0 Å². The third-order valence-corrected chi connectivity index (χ3v) is 3.01. The van der Waals surface area contributed by atoms with Gasteiger partial charge >= 0.3 is 0 Å². The van der Waals surface area contributed by atoms with E-state index in [1.54, 1.807) is 0 Å². The Labute approximate surface area is 73.2 Å². The fourth-order valence-electron chi connectivity index (χ4n) is 1.86. The predicted octanol–water partition coefficient (Wildman–Crippen LogP) is 2.34. The highest BCUT2D eigenvalue weighted by molar-refractivity contribution is 5.21. The van der Waals surface area contributed by atoms with Gasteiger partial charge in [0.1, 0.15) is 5.67 Å². The standard InChI is InChI=1S/C10H16FN/c1-8-3-6-12(7-8)9(2)10(11)4-5-10/h8H,2-7H2,1H3. The van der Waals surface area contributed by atoms with Crippen molar-refractivity contribution in [3.05, 3.63) is 12.3 Å². The molecule has 1 atom stereocenters. The van der Waals surface area contributed by atoms with E-state index in [1.807, 2.05) is 0 Å². The Bertz CT molecular complexity index is 208.